The number of benzene rings is 2. The Kier molecular flexibility index (Phi) is 4.85. The van der Waals surface area contributed by atoms with Gasteiger partial charge in [-0.3, -0.25) is 4.79 Å². The fourth-order valence-electron chi connectivity index (χ4n) is 6.35. The van der Waals surface area contributed by atoms with E-state index in [2.05, 4.69) is 23.5 Å². The van der Waals surface area contributed by atoms with Gasteiger partial charge in [-0.2, -0.15) is 5.10 Å². The first kappa shape index (κ1) is 19.6. The Bertz CT molecular complexity index is 1030. The Hall–Kier alpha value is -2.33. The minimum Gasteiger partial charge on any atom is -0.508 e. The second kappa shape index (κ2) is 7.42. The molecule has 2 aromatic rings. The highest BCUT2D eigenvalue weighted by atomic mass is 35.5. The van der Waals surface area contributed by atoms with Gasteiger partial charge in [0.15, 0.2) is 0 Å². The van der Waals surface area contributed by atoms with Crippen molar-refractivity contribution in [3.63, 3.8) is 0 Å². The molecule has 4 unspecified atom stereocenters. The fraction of sp³-hybridized carbons (Fsp3) is 0.440. The molecule has 156 valence electrons. The number of amides is 1. The monoisotopic (exact) mass is 422 g/mol. The lowest BCUT2D eigenvalue weighted by Gasteiger charge is -2.49. The van der Waals surface area contributed by atoms with Crippen LogP contribution in [0.2, 0.25) is 5.02 Å². The number of nitrogens with zero attached hydrogens (tertiary/aromatic N) is 1. The molecule has 0 aliphatic heterocycles. The average molecular weight is 423 g/mol. The van der Waals surface area contributed by atoms with Crippen LogP contribution in [0, 0.1) is 17.3 Å². The molecule has 2 aromatic carbocycles. The highest BCUT2D eigenvalue weighted by molar-refractivity contribution is 6.30. The summed E-state index contributed by atoms with van der Waals surface area (Å²) in [7, 11) is 0. The molecule has 4 atom stereocenters. The molecule has 5 heteroatoms. The Labute approximate surface area is 182 Å². The summed E-state index contributed by atoms with van der Waals surface area (Å²) in [5.74, 6) is 1.99. The first-order chi connectivity index (χ1) is 14.5. The number of carbonyl (C=O) groups excluding carboxylic acids is 1. The van der Waals surface area contributed by atoms with E-state index in [1.54, 1.807) is 24.3 Å². The molecule has 0 bridgehead atoms. The Morgan fingerprint density at radius 3 is 2.87 bits per heavy atom. The number of aryl methyl sites for hydroxylation is 1. The van der Waals surface area contributed by atoms with Crippen molar-refractivity contribution in [3.8, 4) is 5.75 Å². The molecule has 2 fully saturated rings. The van der Waals surface area contributed by atoms with Gasteiger partial charge in [-0.25, -0.2) is 5.43 Å². The van der Waals surface area contributed by atoms with Crippen molar-refractivity contribution in [2.45, 2.75) is 51.4 Å². The summed E-state index contributed by atoms with van der Waals surface area (Å²) >= 11 is 6.01. The van der Waals surface area contributed by atoms with Crippen molar-refractivity contribution in [2.75, 3.05) is 0 Å². The summed E-state index contributed by atoms with van der Waals surface area (Å²) in [5, 5.41) is 15.0. The molecule has 0 spiro atoms. The van der Waals surface area contributed by atoms with Gasteiger partial charge in [-0.15, -0.1) is 0 Å². The second-order valence-corrected chi connectivity index (χ2v) is 9.74. The van der Waals surface area contributed by atoms with Gasteiger partial charge in [0.1, 0.15) is 5.75 Å². The molecule has 5 rings (SSSR count). The predicted octanol–water partition coefficient (Wildman–Crippen LogP) is 5.69. The molecule has 2 saturated carbocycles. The third kappa shape index (κ3) is 3.22. The van der Waals surface area contributed by atoms with Crippen LogP contribution in [0.25, 0.3) is 0 Å². The van der Waals surface area contributed by atoms with Gasteiger partial charge in [-0.05, 0) is 97.7 Å². The number of fused-ring (bicyclic) bond motifs is 5. The third-order valence-electron chi connectivity index (χ3n) is 7.83. The molecular weight excluding hydrogens is 396 g/mol. The number of hydrogen-bond donors (Lipinski definition) is 2. The fourth-order valence-corrected chi connectivity index (χ4v) is 6.54. The maximum Gasteiger partial charge on any atom is 0.271 e. The Morgan fingerprint density at radius 2 is 2.03 bits per heavy atom. The van der Waals surface area contributed by atoms with Crippen LogP contribution in [-0.2, 0) is 6.42 Å². The van der Waals surface area contributed by atoms with Crippen LogP contribution in [-0.4, -0.2) is 16.7 Å². The quantitative estimate of drug-likeness (QED) is 0.611. The maximum absolute atomic E-state index is 12.5. The number of carbonyl (C=O) groups is 1. The topological polar surface area (TPSA) is 61.7 Å². The molecule has 0 radical (unpaired) electrons. The number of nitrogens with one attached hydrogen (secondary N) is 1. The van der Waals surface area contributed by atoms with Crippen LogP contribution in [0.1, 0.15) is 66.4 Å². The van der Waals surface area contributed by atoms with E-state index < -0.39 is 0 Å². The van der Waals surface area contributed by atoms with Crippen LogP contribution in [0.15, 0.2) is 47.6 Å². The van der Waals surface area contributed by atoms with Crippen molar-refractivity contribution in [3.05, 3.63) is 64.2 Å². The minimum atomic E-state index is -0.211. The zero-order valence-corrected chi connectivity index (χ0v) is 18.0. The molecule has 4 nitrogen and oxygen atoms in total. The number of hydrogen-bond acceptors (Lipinski definition) is 3. The molecule has 0 aromatic heterocycles. The lowest BCUT2D eigenvalue weighted by molar-refractivity contribution is 0.0930. The molecule has 0 heterocycles. The SMILES string of the molecule is CC12CCC3c4ccc(O)cc4CCC3C1CCC2=NNC(=O)c1cccc(Cl)c1. The van der Waals surface area contributed by atoms with Gasteiger partial charge in [0.25, 0.3) is 5.91 Å². The highest BCUT2D eigenvalue weighted by Gasteiger charge is 2.53. The zero-order chi connectivity index (χ0) is 20.9. The van der Waals surface area contributed by atoms with Gasteiger partial charge < -0.3 is 5.11 Å². The van der Waals surface area contributed by atoms with Crippen LogP contribution in [0.3, 0.4) is 0 Å². The Balaban J connectivity index is 1.36. The molecule has 30 heavy (non-hydrogen) atoms. The number of hydrazone groups is 1. The summed E-state index contributed by atoms with van der Waals surface area (Å²) < 4.78 is 0. The first-order valence-electron chi connectivity index (χ1n) is 10.9. The largest absolute Gasteiger partial charge is 0.508 e. The van der Waals surface area contributed by atoms with E-state index in [1.807, 2.05) is 12.1 Å². The predicted molar refractivity (Wildman–Crippen MR) is 119 cm³/mol. The van der Waals surface area contributed by atoms with E-state index in [4.69, 9.17) is 11.6 Å². The minimum absolute atomic E-state index is 0.0528. The van der Waals surface area contributed by atoms with E-state index in [9.17, 15) is 9.90 Å². The molecule has 0 saturated heterocycles. The molecule has 1 amide bonds. The standard InChI is InChI=1S/C25H27ClN2O2/c1-25-12-11-20-19-8-6-18(29)14-15(19)5-7-21(20)22(25)9-10-23(25)27-28-24(30)16-3-2-4-17(26)13-16/h2-4,6,8,13-14,20-22,29H,5,7,9-12H2,1H3,(H,28,30). The van der Waals surface area contributed by atoms with Gasteiger partial charge in [0, 0.05) is 21.7 Å². The van der Waals surface area contributed by atoms with Gasteiger partial charge in [0.2, 0.25) is 0 Å². The van der Waals surface area contributed by atoms with Crippen molar-refractivity contribution in [2.24, 2.45) is 22.4 Å². The molecule has 3 aliphatic carbocycles. The number of aromatic hydroxyl groups is 1. The summed E-state index contributed by atoms with van der Waals surface area (Å²) in [4.78, 5) is 12.5. The van der Waals surface area contributed by atoms with Crippen LogP contribution in [0.5, 0.6) is 5.75 Å². The van der Waals surface area contributed by atoms with E-state index >= 15 is 0 Å². The lowest BCUT2D eigenvalue weighted by atomic mass is 9.55. The van der Waals surface area contributed by atoms with Crippen molar-refractivity contribution >= 4 is 23.2 Å². The highest BCUT2D eigenvalue weighted by Crippen LogP contribution is 2.59. The summed E-state index contributed by atoms with van der Waals surface area (Å²) in [5.41, 5.74) is 7.26. The number of phenols is 1. The first-order valence-corrected chi connectivity index (χ1v) is 11.3. The van der Waals surface area contributed by atoms with E-state index in [-0.39, 0.29) is 11.3 Å². The van der Waals surface area contributed by atoms with E-state index in [1.165, 1.54) is 17.5 Å². The zero-order valence-electron chi connectivity index (χ0n) is 17.2. The van der Waals surface area contributed by atoms with Crippen LogP contribution < -0.4 is 5.43 Å². The van der Waals surface area contributed by atoms with Crippen molar-refractivity contribution in [1.82, 2.24) is 5.43 Å². The third-order valence-corrected chi connectivity index (χ3v) is 8.07. The molecule has 2 N–H and O–H groups in total. The van der Waals surface area contributed by atoms with Gasteiger partial charge in [-0.1, -0.05) is 30.7 Å². The van der Waals surface area contributed by atoms with E-state index in [0.717, 1.165) is 37.8 Å². The Morgan fingerprint density at radius 1 is 1.17 bits per heavy atom. The smallest absolute Gasteiger partial charge is 0.271 e. The van der Waals surface area contributed by atoms with E-state index in [0.29, 0.717) is 34.1 Å². The molecule has 3 aliphatic rings. The van der Waals surface area contributed by atoms with Crippen molar-refractivity contribution in [1.29, 1.82) is 0 Å². The van der Waals surface area contributed by atoms with Gasteiger partial charge in [0.05, 0.1) is 0 Å². The van der Waals surface area contributed by atoms with Crippen molar-refractivity contribution < 1.29 is 9.90 Å². The van der Waals surface area contributed by atoms with Gasteiger partial charge >= 0.3 is 0 Å². The summed E-state index contributed by atoms with van der Waals surface area (Å²) in [6.45, 7) is 2.34. The molecular formula is C25H27ClN2O2. The number of halogens is 1. The second-order valence-electron chi connectivity index (χ2n) is 9.30. The lowest BCUT2D eigenvalue weighted by Crippen LogP contribution is -2.43. The normalized spacial score (nSPS) is 31.0. The van der Waals surface area contributed by atoms with Crippen LogP contribution in [0.4, 0.5) is 0 Å². The summed E-state index contributed by atoms with van der Waals surface area (Å²) in [6, 6.07) is 12.9. The average Bonchev–Trinajstić information content (AvgIpc) is 3.08. The number of rotatable bonds is 2. The van der Waals surface area contributed by atoms with Crippen LogP contribution >= 0.6 is 11.6 Å². The summed E-state index contributed by atoms with van der Waals surface area (Å²) in [6.07, 6.45) is 6.51. The number of phenolic OH excluding ortho intramolecular Hbond substituents is 1. The maximum atomic E-state index is 12.5.